The molecule has 1 N–H and O–H groups in total. The van der Waals surface area contributed by atoms with Gasteiger partial charge < -0.3 is 9.67 Å². The molecule has 0 amide bonds. The van der Waals surface area contributed by atoms with E-state index in [0.717, 1.165) is 16.0 Å². The van der Waals surface area contributed by atoms with Gasteiger partial charge >= 0.3 is 5.97 Å². The van der Waals surface area contributed by atoms with Crippen molar-refractivity contribution in [3.05, 3.63) is 33.1 Å². The molecule has 0 saturated heterocycles. The van der Waals surface area contributed by atoms with Crippen LogP contribution in [0.2, 0.25) is 0 Å². The lowest BCUT2D eigenvalue weighted by Crippen LogP contribution is -2.24. The summed E-state index contributed by atoms with van der Waals surface area (Å²) in [5.41, 5.74) is -0.146. The van der Waals surface area contributed by atoms with Crippen molar-refractivity contribution in [3.63, 3.8) is 0 Å². The Morgan fingerprint density at radius 3 is 2.65 bits per heavy atom. The Hall–Kier alpha value is -1.62. The maximum absolute atomic E-state index is 12.1. The van der Waals surface area contributed by atoms with E-state index >= 15 is 0 Å². The fourth-order valence-corrected chi connectivity index (χ4v) is 2.88. The Morgan fingerprint density at radius 2 is 2.12 bits per heavy atom. The molecule has 2 aromatic heterocycles. The second kappa shape index (κ2) is 4.33. The molecule has 0 aliphatic carbocycles. The second-order valence-corrected chi connectivity index (χ2v) is 4.90. The largest absolute Gasteiger partial charge is 0.477 e. The van der Waals surface area contributed by atoms with Gasteiger partial charge in [0.05, 0.1) is 5.39 Å². The first-order chi connectivity index (χ1) is 8.08. The fourth-order valence-electron chi connectivity index (χ4n) is 1.85. The van der Waals surface area contributed by atoms with Crippen LogP contribution in [0.3, 0.4) is 0 Å². The van der Waals surface area contributed by atoms with Gasteiger partial charge in [0.25, 0.3) is 5.56 Å². The summed E-state index contributed by atoms with van der Waals surface area (Å²) in [5, 5.41) is 9.71. The minimum absolute atomic E-state index is 0.0644. The van der Waals surface area contributed by atoms with E-state index in [2.05, 4.69) is 0 Å². The Balaban J connectivity index is 2.85. The van der Waals surface area contributed by atoms with Gasteiger partial charge in [0, 0.05) is 16.1 Å². The monoisotopic (exact) mass is 251 g/mol. The minimum atomic E-state index is -1.06. The first kappa shape index (κ1) is 11.9. The van der Waals surface area contributed by atoms with Gasteiger partial charge in [0.15, 0.2) is 0 Å². The molecule has 0 radical (unpaired) electrons. The van der Waals surface area contributed by atoms with Gasteiger partial charge in [-0.3, -0.25) is 4.79 Å². The van der Waals surface area contributed by atoms with Crippen molar-refractivity contribution in [3.8, 4) is 0 Å². The standard InChI is InChI=1S/C12H13NO3S/c1-3-7-5-8-10(17-7)6-9(12(15)16)13(4-2)11(8)14/h5-6H,3-4H2,1-2H3,(H,15,16). The summed E-state index contributed by atoms with van der Waals surface area (Å²) in [4.78, 5) is 24.3. The Kier molecular flexibility index (Phi) is 3.02. The molecule has 2 aromatic rings. The molecule has 90 valence electrons. The summed E-state index contributed by atoms with van der Waals surface area (Å²) in [5.74, 6) is -1.06. The van der Waals surface area contributed by atoms with Crippen molar-refractivity contribution >= 4 is 27.4 Å². The van der Waals surface area contributed by atoms with Crippen molar-refractivity contribution in [2.75, 3.05) is 0 Å². The number of carboxylic acid groups (broad SMARTS) is 1. The second-order valence-electron chi connectivity index (χ2n) is 3.73. The zero-order valence-electron chi connectivity index (χ0n) is 9.69. The zero-order chi connectivity index (χ0) is 12.6. The topological polar surface area (TPSA) is 59.3 Å². The number of rotatable bonds is 3. The van der Waals surface area contributed by atoms with Crippen molar-refractivity contribution in [2.24, 2.45) is 0 Å². The molecule has 17 heavy (non-hydrogen) atoms. The molecule has 0 aromatic carbocycles. The summed E-state index contributed by atoms with van der Waals surface area (Å²) < 4.78 is 2.06. The lowest BCUT2D eigenvalue weighted by Gasteiger charge is -2.06. The van der Waals surface area contributed by atoms with Crippen LogP contribution in [0.15, 0.2) is 16.9 Å². The van der Waals surface area contributed by atoms with Crippen LogP contribution in [0.5, 0.6) is 0 Å². The quantitative estimate of drug-likeness (QED) is 0.910. The smallest absolute Gasteiger partial charge is 0.352 e. The molecule has 0 spiro atoms. The molecule has 0 unspecified atom stereocenters. The molecular formula is C12H13NO3S. The molecule has 0 bridgehead atoms. The highest BCUT2D eigenvalue weighted by molar-refractivity contribution is 7.19. The SMILES string of the molecule is CCc1cc2c(=O)n(CC)c(C(=O)O)cc2s1. The van der Waals surface area contributed by atoms with Crippen LogP contribution >= 0.6 is 11.3 Å². The third-order valence-electron chi connectivity index (χ3n) is 2.73. The van der Waals surface area contributed by atoms with Crippen LogP contribution < -0.4 is 5.56 Å². The van der Waals surface area contributed by atoms with Crippen LogP contribution in [0, 0.1) is 0 Å². The van der Waals surface area contributed by atoms with Crippen LogP contribution in [0.1, 0.15) is 29.2 Å². The van der Waals surface area contributed by atoms with E-state index < -0.39 is 5.97 Å². The first-order valence-corrected chi connectivity index (χ1v) is 6.29. The number of aromatic carboxylic acids is 1. The third kappa shape index (κ3) is 1.86. The molecule has 2 rings (SSSR count). The van der Waals surface area contributed by atoms with Gasteiger partial charge in [-0.25, -0.2) is 4.79 Å². The lowest BCUT2D eigenvalue weighted by molar-refractivity contribution is 0.0684. The summed E-state index contributed by atoms with van der Waals surface area (Å²) in [6, 6.07) is 3.45. The highest BCUT2D eigenvalue weighted by Crippen LogP contribution is 2.24. The molecular weight excluding hydrogens is 238 g/mol. The highest BCUT2D eigenvalue weighted by Gasteiger charge is 2.15. The molecule has 5 heteroatoms. The highest BCUT2D eigenvalue weighted by atomic mass is 32.1. The van der Waals surface area contributed by atoms with E-state index in [-0.39, 0.29) is 11.3 Å². The zero-order valence-corrected chi connectivity index (χ0v) is 10.5. The Morgan fingerprint density at radius 1 is 1.41 bits per heavy atom. The van der Waals surface area contributed by atoms with Crippen LogP contribution in [0.4, 0.5) is 0 Å². The van der Waals surface area contributed by atoms with Gasteiger partial charge in [-0.1, -0.05) is 6.92 Å². The Labute approximate surface area is 102 Å². The Bertz CT molecular complexity index is 639. The molecule has 0 fully saturated rings. The normalized spacial score (nSPS) is 10.9. The van der Waals surface area contributed by atoms with Crippen molar-refractivity contribution in [2.45, 2.75) is 26.8 Å². The molecule has 2 heterocycles. The van der Waals surface area contributed by atoms with E-state index in [1.165, 1.54) is 15.9 Å². The fraction of sp³-hybridized carbons (Fsp3) is 0.333. The molecule has 4 nitrogen and oxygen atoms in total. The number of carbonyl (C=O) groups is 1. The number of thiophene rings is 1. The third-order valence-corrected chi connectivity index (χ3v) is 3.96. The molecule has 0 aliphatic heterocycles. The average Bonchev–Trinajstić information content (AvgIpc) is 2.72. The maximum Gasteiger partial charge on any atom is 0.352 e. The van der Waals surface area contributed by atoms with Gasteiger partial charge in [-0.05, 0) is 25.5 Å². The lowest BCUT2D eigenvalue weighted by atomic mass is 10.2. The van der Waals surface area contributed by atoms with E-state index in [1.54, 1.807) is 13.0 Å². The summed E-state index contributed by atoms with van der Waals surface area (Å²) in [6.07, 6.45) is 0.854. The first-order valence-electron chi connectivity index (χ1n) is 5.48. The van der Waals surface area contributed by atoms with E-state index in [9.17, 15) is 9.59 Å². The molecule has 0 atom stereocenters. The molecule has 0 saturated carbocycles. The predicted molar refractivity (Wildman–Crippen MR) is 68.1 cm³/mol. The van der Waals surface area contributed by atoms with Crippen LogP contribution in [-0.4, -0.2) is 15.6 Å². The van der Waals surface area contributed by atoms with Gasteiger partial charge in [0.2, 0.25) is 0 Å². The summed E-state index contributed by atoms with van der Waals surface area (Å²) >= 11 is 1.49. The molecule has 0 aliphatic rings. The summed E-state index contributed by atoms with van der Waals surface area (Å²) in [7, 11) is 0. The number of pyridine rings is 1. The number of hydrogen-bond donors (Lipinski definition) is 1. The maximum atomic E-state index is 12.1. The number of nitrogens with zero attached hydrogens (tertiary/aromatic N) is 1. The number of hydrogen-bond acceptors (Lipinski definition) is 3. The van der Waals surface area contributed by atoms with Gasteiger partial charge in [-0.15, -0.1) is 11.3 Å². The van der Waals surface area contributed by atoms with Crippen molar-refractivity contribution in [1.82, 2.24) is 4.57 Å². The number of carboxylic acids is 1. The minimum Gasteiger partial charge on any atom is -0.477 e. The average molecular weight is 251 g/mol. The van der Waals surface area contributed by atoms with E-state index in [1.807, 2.05) is 13.0 Å². The van der Waals surface area contributed by atoms with Crippen LogP contribution in [0.25, 0.3) is 10.1 Å². The summed E-state index contributed by atoms with van der Waals surface area (Å²) in [6.45, 7) is 4.15. The van der Waals surface area contributed by atoms with Crippen molar-refractivity contribution in [1.29, 1.82) is 0 Å². The predicted octanol–water partition coefficient (Wildman–Crippen LogP) is 2.34. The van der Waals surface area contributed by atoms with E-state index in [4.69, 9.17) is 5.11 Å². The van der Waals surface area contributed by atoms with Crippen molar-refractivity contribution < 1.29 is 9.90 Å². The van der Waals surface area contributed by atoms with Gasteiger partial charge in [0.1, 0.15) is 5.69 Å². The van der Waals surface area contributed by atoms with Crippen LogP contribution in [-0.2, 0) is 13.0 Å². The van der Waals surface area contributed by atoms with E-state index in [0.29, 0.717) is 11.9 Å². The number of aromatic nitrogens is 1. The number of fused-ring (bicyclic) bond motifs is 1. The number of aryl methyl sites for hydroxylation is 1. The van der Waals surface area contributed by atoms with Gasteiger partial charge in [-0.2, -0.15) is 0 Å².